The summed E-state index contributed by atoms with van der Waals surface area (Å²) in [5.41, 5.74) is 0.666. The second-order valence-electron chi connectivity index (χ2n) is 4.71. The number of hydrogen-bond acceptors (Lipinski definition) is 3. The molecule has 19 heavy (non-hydrogen) atoms. The number of ether oxygens (including phenoxy) is 1. The summed E-state index contributed by atoms with van der Waals surface area (Å²) < 4.78 is 19.4. The summed E-state index contributed by atoms with van der Waals surface area (Å²) in [6, 6.07) is 4.36. The molecule has 0 aliphatic carbocycles. The SMILES string of the molecule is O=C(COC1CCNCC1)Cc1cc(F)ccc1Br. The van der Waals surface area contributed by atoms with Gasteiger partial charge in [0.1, 0.15) is 12.4 Å². The number of carbonyl (C=O) groups excluding carboxylic acids is 1. The molecule has 5 heteroatoms. The fourth-order valence-electron chi connectivity index (χ4n) is 2.12. The van der Waals surface area contributed by atoms with E-state index >= 15 is 0 Å². The summed E-state index contributed by atoms with van der Waals surface area (Å²) in [4.78, 5) is 11.8. The van der Waals surface area contributed by atoms with Crippen molar-refractivity contribution in [3.8, 4) is 0 Å². The van der Waals surface area contributed by atoms with Crippen LogP contribution in [-0.2, 0) is 16.0 Å². The minimum atomic E-state index is -0.328. The molecule has 0 bridgehead atoms. The third-order valence-corrected chi connectivity index (χ3v) is 3.94. The molecule has 1 saturated heterocycles. The van der Waals surface area contributed by atoms with Gasteiger partial charge in [0, 0.05) is 10.9 Å². The normalized spacial score (nSPS) is 16.5. The van der Waals surface area contributed by atoms with Gasteiger partial charge >= 0.3 is 0 Å². The third-order valence-electron chi connectivity index (χ3n) is 3.16. The van der Waals surface area contributed by atoms with Crippen molar-refractivity contribution in [2.45, 2.75) is 25.4 Å². The van der Waals surface area contributed by atoms with Gasteiger partial charge in [-0.15, -0.1) is 0 Å². The summed E-state index contributed by atoms with van der Waals surface area (Å²) in [5.74, 6) is -0.352. The Morgan fingerprint density at radius 3 is 2.89 bits per heavy atom. The van der Waals surface area contributed by atoms with Crippen molar-refractivity contribution in [2.24, 2.45) is 0 Å². The first-order valence-electron chi connectivity index (χ1n) is 6.43. The monoisotopic (exact) mass is 329 g/mol. The largest absolute Gasteiger partial charge is 0.370 e. The average molecular weight is 330 g/mol. The summed E-state index contributed by atoms with van der Waals surface area (Å²) in [5, 5.41) is 3.24. The van der Waals surface area contributed by atoms with Gasteiger partial charge in [-0.25, -0.2) is 4.39 Å². The molecule has 1 fully saturated rings. The second kappa shape index (κ2) is 7.12. The smallest absolute Gasteiger partial charge is 0.162 e. The number of carbonyl (C=O) groups is 1. The number of Topliss-reactive ketones (excluding diaryl/α,β-unsaturated/α-hetero) is 1. The molecule has 1 aliphatic rings. The first-order valence-corrected chi connectivity index (χ1v) is 7.22. The Bertz CT molecular complexity index is 447. The fourth-order valence-corrected chi connectivity index (χ4v) is 2.50. The lowest BCUT2D eigenvalue weighted by molar-refractivity contribution is -0.125. The maximum atomic E-state index is 13.1. The van der Waals surface area contributed by atoms with Crippen molar-refractivity contribution in [1.82, 2.24) is 5.32 Å². The number of nitrogens with one attached hydrogen (secondary N) is 1. The average Bonchev–Trinajstić information content (AvgIpc) is 2.42. The van der Waals surface area contributed by atoms with Crippen molar-refractivity contribution in [2.75, 3.05) is 19.7 Å². The van der Waals surface area contributed by atoms with Crippen molar-refractivity contribution < 1.29 is 13.9 Å². The zero-order valence-corrected chi connectivity index (χ0v) is 12.2. The highest BCUT2D eigenvalue weighted by atomic mass is 79.9. The zero-order chi connectivity index (χ0) is 13.7. The number of benzene rings is 1. The van der Waals surface area contributed by atoms with E-state index in [4.69, 9.17) is 4.74 Å². The van der Waals surface area contributed by atoms with Crippen LogP contribution in [0.15, 0.2) is 22.7 Å². The highest BCUT2D eigenvalue weighted by Crippen LogP contribution is 2.18. The van der Waals surface area contributed by atoms with E-state index < -0.39 is 0 Å². The zero-order valence-electron chi connectivity index (χ0n) is 10.6. The summed E-state index contributed by atoms with van der Waals surface area (Å²) in [7, 11) is 0. The molecule has 0 saturated carbocycles. The number of ketones is 1. The van der Waals surface area contributed by atoms with Crippen LogP contribution in [0.1, 0.15) is 18.4 Å². The van der Waals surface area contributed by atoms with Gasteiger partial charge in [-0.2, -0.15) is 0 Å². The Labute approximate surface area is 120 Å². The van der Waals surface area contributed by atoms with Crippen LogP contribution in [0.2, 0.25) is 0 Å². The maximum absolute atomic E-state index is 13.1. The predicted octanol–water partition coefficient (Wildman–Crippen LogP) is 2.47. The van der Waals surface area contributed by atoms with Crippen molar-refractivity contribution in [3.05, 3.63) is 34.1 Å². The molecule has 1 heterocycles. The van der Waals surface area contributed by atoms with E-state index in [1.54, 1.807) is 6.07 Å². The molecule has 0 atom stereocenters. The molecular weight excluding hydrogens is 313 g/mol. The predicted molar refractivity (Wildman–Crippen MR) is 74.7 cm³/mol. The van der Waals surface area contributed by atoms with E-state index in [0.29, 0.717) is 5.56 Å². The number of rotatable bonds is 5. The number of halogens is 2. The Hall–Kier alpha value is -0.780. The van der Waals surface area contributed by atoms with Gasteiger partial charge in [0.15, 0.2) is 5.78 Å². The van der Waals surface area contributed by atoms with Gasteiger partial charge in [-0.1, -0.05) is 15.9 Å². The molecule has 1 aliphatic heterocycles. The standard InChI is InChI=1S/C14H17BrFNO2/c15-14-2-1-11(16)7-10(14)8-12(18)9-19-13-3-5-17-6-4-13/h1-2,7,13,17H,3-6,8-9H2. The van der Waals surface area contributed by atoms with Crippen LogP contribution in [-0.4, -0.2) is 31.6 Å². The molecule has 2 rings (SSSR count). The molecule has 0 amide bonds. The first-order chi connectivity index (χ1) is 9.15. The number of piperidine rings is 1. The summed E-state index contributed by atoms with van der Waals surface area (Å²) in [6.07, 6.45) is 2.25. The lowest BCUT2D eigenvalue weighted by atomic mass is 10.1. The van der Waals surface area contributed by atoms with E-state index in [1.165, 1.54) is 12.1 Å². The molecular formula is C14H17BrFNO2. The van der Waals surface area contributed by atoms with E-state index in [1.807, 2.05) is 0 Å². The molecule has 104 valence electrons. The molecule has 0 spiro atoms. The Morgan fingerprint density at radius 1 is 1.42 bits per heavy atom. The van der Waals surface area contributed by atoms with E-state index in [0.717, 1.165) is 30.4 Å². The topological polar surface area (TPSA) is 38.3 Å². The lowest BCUT2D eigenvalue weighted by Crippen LogP contribution is -2.33. The van der Waals surface area contributed by atoms with Gasteiger partial charge in [-0.05, 0) is 49.7 Å². The third kappa shape index (κ3) is 4.67. The van der Waals surface area contributed by atoms with Crippen LogP contribution in [0.5, 0.6) is 0 Å². The van der Waals surface area contributed by atoms with Crippen LogP contribution >= 0.6 is 15.9 Å². The van der Waals surface area contributed by atoms with Crippen LogP contribution < -0.4 is 5.32 Å². The highest BCUT2D eigenvalue weighted by molar-refractivity contribution is 9.10. The van der Waals surface area contributed by atoms with Crippen molar-refractivity contribution >= 4 is 21.7 Å². The van der Waals surface area contributed by atoms with Gasteiger partial charge in [0.2, 0.25) is 0 Å². The Balaban J connectivity index is 1.81. The minimum absolute atomic E-state index is 0.0233. The van der Waals surface area contributed by atoms with Gasteiger partial charge in [-0.3, -0.25) is 4.79 Å². The van der Waals surface area contributed by atoms with E-state index in [9.17, 15) is 9.18 Å². The van der Waals surface area contributed by atoms with Crippen molar-refractivity contribution in [3.63, 3.8) is 0 Å². The van der Waals surface area contributed by atoms with Gasteiger partial charge in [0.25, 0.3) is 0 Å². The summed E-state index contributed by atoms with van der Waals surface area (Å²) in [6.45, 7) is 1.98. The molecule has 1 N–H and O–H groups in total. The van der Waals surface area contributed by atoms with Gasteiger partial charge < -0.3 is 10.1 Å². The Kier molecular flexibility index (Phi) is 5.48. The van der Waals surface area contributed by atoms with E-state index in [-0.39, 0.29) is 30.7 Å². The van der Waals surface area contributed by atoms with Crippen LogP contribution in [0.3, 0.4) is 0 Å². The quantitative estimate of drug-likeness (QED) is 0.901. The Morgan fingerprint density at radius 2 is 2.16 bits per heavy atom. The van der Waals surface area contributed by atoms with Gasteiger partial charge in [0.05, 0.1) is 6.10 Å². The highest BCUT2D eigenvalue weighted by Gasteiger charge is 2.15. The van der Waals surface area contributed by atoms with Crippen LogP contribution in [0, 0.1) is 5.82 Å². The number of hydrogen-bond donors (Lipinski definition) is 1. The molecule has 1 aromatic carbocycles. The van der Waals surface area contributed by atoms with Crippen molar-refractivity contribution in [1.29, 1.82) is 0 Å². The molecule has 0 unspecified atom stereocenters. The van der Waals surface area contributed by atoms with Crippen LogP contribution in [0.4, 0.5) is 4.39 Å². The molecule has 3 nitrogen and oxygen atoms in total. The molecule has 0 aromatic heterocycles. The lowest BCUT2D eigenvalue weighted by Gasteiger charge is -2.22. The maximum Gasteiger partial charge on any atom is 0.162 e. The summed E-state index contributed by atoms with van der Waals surface area (Å²) >= 11 is 3.32. The minimum Gasteiger partial charge on any atom is -0.370 e. The van der Waals surface area contributed by atoms with E-state index in [2.05, 4.69) is 21.2 Å². The van der Waals surface area contributed by atoms with Crippen LogP contribution in [0.25, 0.3) is 0 Å². The fraction of sp³-hybridized carbons (Fsp3) is 0.500. The first kappa shape index (κ1) is 14.6. The molecule has 0 radical (unpaired) electrons. The second-order valence-corrected chi connectivity index (χ2v) is 5.57. The molecule has 1 aromatic rings.